The van der Waals surface area contributed by atoms with Gasteiger partial charge in [0, 0.05) is 11.4 Å². The predicted molar refractivity (Wildman–Crippen MR) is 52.1 cm³/mol. The summed E-state index contributed by atoms with van der Waals surface area (Å²) < 4.78 is 0. The van der Waals surface area contributed by atoms with Crippen molar-refractivity contribution in [1.82, 2.24) is 0 Å². The van der Waals surface area contributed by atoms with Crippen molar-refractivity contribution < 1.29 is 9.90 Å². The molecule has 0 saturated heterocycles. The van der Waals surface area contributed by atoms with Gasteiger partial charge >= 0.3 is 5.97 Å². The van der Waals surface area contributed by atoms with Crippen molar-refractivity contribution in [2.45, 2.75) is 19.8 Å². The van der Waals surface area contributed by atoms with E-state index in [1.54, 1.807) is 0 Å². The predicted octanol–water partition coefficient (Wildman–Crippen LogP) is 2.67. The highest BCUT2D eigenvalue weighted by atomic mass is 35.5. The fourth-order valence-corrected chi connectivity index (χ4v) is 1.43. The Morgan fingerprint density at radius 1 is 1.54 bits per heavy atom. The van der Waals surface area contributed by atoms with Gasteiger partial charge in [0.15, 0.2) is 0 Å². The second-order valence-electron chi connectivity index (χ2n) is 2.99. The van der Waals surface area contributed by atoms with Crippen LogP contribution in [0, 0.1) is 6.92 Å². The zero-order valence-electron chi connectivity index (χ0n) is 7.38. The SMILES string of the molecule is Cc1ccc(CCC(=O)O)c(Cl)c1. The van der Waals surface area contributed by atoms with E-state index in [1.807, 2.05) is 25.1 Å². The maximum Gasteiger partial charge on any atom is 0.303 e. The van der Waals surface area contributed by atoms with Crippen LogP contribution in [0.2, 0.25) is 5.02 Å². The molecule has 0 aliphatic rings. The fraction of sp³-hybridized carbons (Fsp3) is 0.300. The summed E-state index contributed by atoms with van der Waals surface area (Å²) in [7, 11) is 0. The molecular formula is C10H11ClO2. The summed E-state index contributed by atoms with van der Waals surface area (Å²) in [6.07, 6.45) is 0.622. The van der Waals surface area contributed by atoms with Crippen LogP contribution in [0.5, 0.6) is 0 Å². The zero-order valence-corrected chi connectivity index (χ0v) is 8.14. The zero-order chi connectivity index (χ0) is 9.84. The van der Waals surface area contributed by atoms with Crippen LogP contribution in [0.15, 0.2) is 18.2 Å². The topological polar surface area (TPSA) is 37.3 Å². The second-order valence-corrected chi connectivity index (χ2v) is 3.40. The second kappa shape index (κ2) is 4.28. The Hall–Kier alpha value is -1.02. The van der Waals surface area contributed by atoms with Crippen LogP contribution in [-0.2, 0) is 11.2 Å². The monoisotopic (exact) mass is 198 g/mol. The van der Waals surface area contributed by atoms with Crippen LogP contribution in [0.4, 0.5) is 0 Å². The molecule has 1 N–H and O–H groups in total. The normalized spacial score (nSPS) is 10.0. The van der Waals surface area contributed by atoms with Gasteiger partial charge in [-0.15, -0.1) is 0 Å². The van der Waals surface area contributed by atoms with Crippen LogP contribution >= 0.6 is 11.6 Å². The van der Waals surface area contributed by atoms with E-state index in [9.17, 15) is 4.79 Å². The fourth-order valence-electron chi connectivity index (χ4n) is 1.10. The Morgan fingerprint density at radius 2 is 2.23 bits per heavy atom. The van der Waals surface area contributed by atoms with Gasteiger partial charge in [0.05, 0.1) is 0 Å². The van der Waals surface area contributed by atoms with E-state index < -0.39 is 5.97 Å². The molecule has 0 saturated carbocycles. The summed E-state index contributed by atoms with van der Waals surface area (Å²) in [5.74, 6) is -0.795. The first-order valence-corrected chi connectivity index (χ1v) is 4.44. The molecule has 0 aromatic heterocycles. The van der Waals surface area contributed by atoms with Crippen molar-refractivity contribution in [2.75, 3.05) is 0 Å². The summed E-state index contributed by atoms with van der Waals surface area (Å²) in [6.45, 7) is 1.95. The minimum absolute atomic E-state index is 0.128. The molecule has 13 heavy (non-hydrogen) atoms. The largest absolute Gasteiger partial charge is 0.481 e. The number of rotatable bonds is 3. The summed E-state index contributed by atoms with van der Waals surface area (Å²) in [4.78, 5) is 10.3. The number of carboxylic acid groups (broad SMARTS) is 1. The van der Waals surface area contributed by atoms with Gasteiger partial charge in [0.25, 0.3) is 0 Å². The lowest BCUT2D eigenvalue weighted by atomic mass is 10.1. The van der Waals surface area contributed by atoms with Crippen molar-refractivity contribution in [3.63, 3.8) is 0 Å². The third-order valence-electron chi connectivity index (χ3n) is 1.82. The van der Waals surface area contributed by atoms with Crippen molar-refractivity contribution in [3.8, 4) is 0 Å². The van der Waals surface area contributed by atoms with E-state index in [2.05, 4.69) is 0 Å². The maximum atomic E-state index is 10.3. The minimum Gasteiger partial charge on any atom is -0.481 e. The molecule has 1 aromatic carbocycles. The van der Waals surface area contributed by atoms with Crippen LogP contribution < -0.4 is 0 Å². The molecule has 0 unspecified atom stereocenters. The average molecular weight is 199 g/mol. The lowest BCUT2D eigenvalue weighted by molar-refractivity contribution is -0.136. The van der Waals surface area contributed by atoms with Gasteiger partial charge in [0.1, 0.15) is 0 Å². The molecule has 70 valence electrons. The summed E-state index contributed by atoms with van der Waals surface area (Å²) in [5, 5.41) is 9.13. The van der Waals surface area contributed by atoms with Gasteiger partial charge < -0.3 is 5.11 Å². The standard InChI is InChI=1S/C10H11ClO2/c1-7-2-3-8(9(11)6-7)4-5-10(12)13/h2-3,6H,4-5H2,1H3,(H,12,13). The van der Waals surface area contributed by atoms with Crippen LogP contribution in [0.1, 0.15) is 17.5 Å². The molecule has 1 rings (SSSR count). The molecule has 0 fully saturated rings. The number of carbonyl (C=O) groups is 1. The first-order chi connectivity index (χ1) is 6.09. The van der Waals surface area contributed by atoms with E-state index in [0.29, 0.717) is 11.4 Å². The molecule has 0 amide bonds. The smallest absolute Gasteiger partial charge is 0.303 e. The molecule has 1 aromatic rings. The Morgan fingerprint density at radius 3 is 2.77 bits per heavy atom. The molecule has 0 aliphatic carbocycles. The van der Waals surface area contributed by atoms with Gasteiger partial charge in [-0.05, 0) is 30.5 Å². The first kappa shape index (κ1) is 10.1. The minimum atomic E-state index is -0.795. The lowest BCUT2D eigenvalue weighted by Crippen LogP contribution is -1.97. The van der Waals surface area contributed by atoms with E-state index in [1.165, 1.54) is 0 Å². The Labute approximate surface area is 82.2 Å². The summed E-state index contributed by atoms with van der Waals surface area (Å²) >= 11 is 5.92. The molecule has 0 aliphatic heterocycles. The number of aliphatic carboxylic acids is 1. The van der Waals surface area contributed by atoms with Crippen LogP contribution in [0.25, 0.3) is 0 Å². The number of aryl methyl sites for hydroxylation is 2. The van der Waals surface area contributed by atoms with Crippen LogP contribution in [0.3, 0.4) is 0 Å². The number of hydrogen-bond acceptors (Lipinski definition) is 1. The molecule has 0 heterocycles. The van der Waals surface area contributed by atoms with Crippen molar-refractivity contribution in [3.05, 3.63) is 34.3 Å². The van der Waals surface area contributed by atoms with Crippen LogP contribution in [-0.4, -0.2) is 11.1 Å². The number of benzene rings is 1. The highest BCUT2D eigenvalue weighted by Crippen LogP contribution is 2.18. The lowest BCUT2D eigenvalue weighted by Gasteiger charge is -2.02. The quantitative estimate of drug-likeness (QED) is 0.811. The van der Waals surface area contributed by atoms with E-state index >= 15 is 0 Å². The van der Waals surface area contributed by atoms with E-state index in [4.69, 9.17) is 16.7 Å². The molecule has 3 heteroatoms. The Bertz CT molecular complexity index is 321. The van der Waals surface area contributed by atoms with Gasteiger partial charge in [-0.2, -0.15) is 0 Å². The molecule has 0 atom stereocenters. The number of hydrogen-bond donors (Lipinski definition) is 1. The maximum absolute atomic E-state index is 10.3. The average Bonchev–Trinajstić information content (AvgIpc) is 2.02. The van der Waals surface area contributed by atoms with Gasteiger partial charge in [-0.3, -0.25) is 4.79 Å². The van der Waals surface area contributed by atoms with Gasteiger partial charge in [0.2, 0.25) is 0 Å². The van der Waals surface area contributed by atoms with E-state index in [0.717, 1.165) is 11.1 Å². The molecule has 0 bridgehead atoms. The van der Waals surface area contributed by atoms with Crippen molar-refractivity contribution >= 4 is 17.6 Å². The molecule has 2 nitrogen and oxygen atoms in total. The van der Waals surface area contributed by atoms with Crippen molar-refractivity contribution in [1.29, 1.82) is 0 Å². The third kappa shape index (κ3) is 3.07. The summed E-state index contributed by atoms with van der Waals surface area (Å²) in [5.41, 5.74) is 1.98. The Balaban J connectivity index is 2.72. The van der Waals surface area contributed by atoms with Gasteiger partial charge in [-0.25, -0.2) is 0 Å². The molecule has 0 spiro atoms. The molecule has 0 radical (unpaired) electrons. The first-order valence-electron chi connectivity index (χ1n) is 4.06. The highest BCUT2D eigenvalue weighted by Gasteiger charge is 2.03. The van der Waals surface area contributed by atoms with E-state index in [-0.39, 0.29) is 6.42 Å². The third-order valence-corrected chi connectivity index (χ3v) is 2.17. The molecular weight excluding hydrogens is 188 g/mol. The van der Waals surface area contributed by atoms with Crippen molar-refractivity contribution in [2.24, 2.45) is 0 Å². The Kier molecular flexibility index (Phi) is 3.32. The number of halogens is 1. The van der Waals surface area contributed by atoms with Gasteiger partial charge in [-0.1, -0.05) is 23.7 Å². The number of carboxylic acids is 1. The highest BCUT2D eigenvalue weighted by molar-refractivity contribution is 6.31. The summed E-state index contributed by atoms with van der Waals surface area (Å²) in [6, 6.07) is 5.66.